The van der Waals surface area contributed by atoms with Gasteiger partial charge in [-0.15, -0.1) is 12.4 Å². The van der Waals surface area contributed by atoms with Crippen LogP contribution in [0.4, 0.5) is 5.82 Å². The first-order chi connectivity index (χ1) is 6.25. The van der Waals surface area contributed by atoms with E-state index < -0.39 is 0 Å². The number of hydrogen-bond acceptors (Lipinski definition) is 3. The molecule has 2 heterocycles. The number of rotatable bonds is 1. The maximum absolute atomic E-state index is 5.49. The molecule has 2 rings (SSSR count). The van der Waals surface area contributed by atoms with Crippen LogP contribution >= 0.6 is 28.3 Å². The molecule has 74 valence electrons. The molecule has 0 amide bonds. The molecule has 3 N–H and O–H groups in total. The Labute approximate surface area is 95.5 Å². The summed E-state index contributed by atoms with van der Waals surface area (Å²) < 4.78 is 0.944. The highest BCUT2D eigenvalue weighted by Crippen LogP contribution is 2.17. The van der Waals surface area contributed by atoms with Gasteiger partial charge in [-0.1, -0.05) is 0 Å². The zero-order valence-electron chi connectivity index (χ0n) is 7.07. The molecule has 14 heavy (non-hydrogen) atoms. The molecule has 0 aromatic carbocycles. The van der Waals surface area contributed by atoms with Crippen LogP contribution in [0.2, 0.25) is 0 Å². The second-order valence-corrected chi connectivity index (χ2v) is 3.49. The Morgan fingerprint density at radius 1 is 1.29 bits per heavy atom. The largest absolute Gasteiger partial charge is 0.384 e. The van der Waals surface area contributed by atoms with Gasteiger partial charge in [-0.05, 0) is 28.1 Å². The zero-order valence-corrected chi connectivity index (χ0v) is 9.47. The molecule has 4 nitrogen and oxygen atoms in total. The second kappa shape index (κ2) is 4.43. The zero-order chi connectivity index (χ0) is 9.26. The van der Waals surface area contributed by atoms with Crippen molar-refractivity contribution < 1.29 is 0 Å². The van der Waals surface area contributed by atoms with Gasteiger partial charge in [-0.3, -0.25) is 10.1 Å². The summed E-state index contributed by atoms with van der Waals surface area (Å²) in [6, 6.07) is 5.53. The summed E-state index contributed by atoms with van der Waals surface area (Å²) in [6.07, 6.45) is 1.72. The van der Waals surface area contributed by atoms with E-state index >= 15 is 0 Å². The average molecular weight is 276 g/mol. The SMILES string of the molecule is Cl.Nc1cc(-c2ccc(Br)cn2)n[nH]1. The number of aromatic amines is 1. The Morgan fingerprint density at radius 2 is 2.07 bits per heavy atom. The van der Waals surface area contributed by atoms with Crippen molar-refractivity contribution in [2.75, 3.05) is 5.73 Å². The van der Waals surface area contributed by atoms with Gasteiger partial charge in [0, 0.05) is 16.7 Å². The summed E-state index contributed by atoms with van der Waals surface area (Å²) in [5.41, 5.74) is 7.05. The number of nitrogen functional groups attached to an aromatic ring is 1. The predicted octanol–water partition coefficient (Wildman–Crippen LogP) is 2.24. The van der Waals surface area contributed by atoms with Gasteiger partial charge in [0.05, 0.1) is 5.69 Å². The van der Waals surface area contributed by atoms with Crippen molar-refractivity contribution >= 4 is 34.2 Å². The topological polar surface area (TPSA) is 67.6 Å². The monoisotopic (exact) mass is 274 g/mol. The van der Waals surface area contributed by atoms with Gasteiger partial charge in [0.2, 0.25) is 0 Å². The van der Waals surface area contributed by atoms with Gasteiger partial charge in [0.1, 0.15) is 11.5 Å². The van der Waals surface area contributed by atoms with Crippen molar-refractivity contribution in [2.45, 2.75) is 0 Å². The minimum absolute atomic E-state index is 0. The number of anilines is 1. The molecule has 0 atom stereocenters. The highest BCUT2D eigenvalue weighted by molar-refractivity contribution is 9.10. The number of nitrogens with two attached hydrogens (primary N) is 1. The molecule has 0 radical (unpaired) electrons. The number of hydrogen-bond donors (Lipinski definition) is 2. The molecule has 0 unspecified atom stereocenters. The smallest absolute Gasteiger partial charge is 0.119 e. The van der Waals surface area contributed by atoms with E-state index in [-0.39, 0.29) is 12.4 Å². The maximum Gasteiger partial charge on any atom is 0.119 e. The summed E-state index contributed by atoms with van der Waals surface area (Å²) in [4.78, 5) is 4.18. The number of nitrogens with one attached hydrogen (secondary N) is 1. The van der Waals surface area contributed by atoms with Crippen LogP contribution in [0.3, 0.4) is 0 Å². The Hall–Kier alpha value is -1.07. The van der Waals surface area contributed by atoms with E-state index in [0.717, 1.165) is 15.9 Å². The van der Waals surface area contributed by atoms with Crippen molar-refractivity contribution in [1.82, 2.24) is 15.2 Å². The lowest BCUT2D eigenvalue weighted by Gasteiger charge is -1.93. The summed E-state index contributed by atoms with van der Waals surface area (Å²) in [5.74, 6) is 0.541. The Balaban J connectivity index is 0.000000980. The molecule has 0 saturated heterocycles. The lowest BCUT2D eigenvalue weighted by atomic mass is 10.3. The van der Waals surface area contributed by atoms with E-state index in [1.54, 1.807) is 12.3 Å². The molecule has 6 heteroatoms. The predicted molar refractivity (Wildman–Crippen MR) is 61.2 cm³/mol. The van der Waals surface area contributed by atoms with Crippen LogP contribution in [0.15, 0.2) is 28.9 Å². The summed E-state index contributed by atoms with van der Waals surface area (Å²) in [5, 5.41) is 6.65. The Morgan fingerprint density at radius 3 is 2.57 bits per heavy atom. The first kappa shape index (κ1) is 11.0. The average Bonchev–Trinajstić information content (AvgIpc) is 2.53. The van der Waals surface area contributed by atoms with Crippen LogP contribution in [-0.4, -0.2) is 15.2 Å². The molecule has 0 aliphatic carbocycles. The standard InChI is InChI=1S/C8H7BrN4.ClH/c9-5-1-2-6(11-4-5)7-3-8(10)13-12-7;/h1-4H,(H3,10,12,13);1H. The summed E-state index contributed by atoms with van der Waals surface area (Å²) in [7, 11) is 0. The lowest BCUT2D eigenvalue weighted by Crippen LogP contribution is -1.82. The van der Waals surface area contributed by atoms with Gasteiger partial charge in [-0.25, -0.2) is 0 Å². The number of H-pyrrole nitrogens is 1. The molecule has 0 saturated carbocycles. The van der Waals surface area contributed by atoms with Crippen LogP contribution in [-0.2, 0) is 0 Å². The maximum atomic E-state index is 5.49. The van der Waals surface area contributed by atoms with Crippen LogP contribution in [0.1, 0.15) is 0 Å². The first-order valence-corrected chi connectivity index (χ1v) is 4.48. The number of nitrogens with zero attached hydrogens (tertiary/aromatic N) is 2. The summed E-state index contributed by atoms with van der Waals surface area (Å²) in [6.45, 7) is 0. The molecule has 0 bridgehead atoms. The highest BCUT2D eigenvalue weighted by atomic mass is 79.9. The van der Waals surface area contributed by atoms with E-state index in [9.17, 15) is 0 Å². The Bertz CT molecular complexity index is 412. The molecule has 2 aromatic rings. The minimum atomic E-state index is 0. The lowest BCUT2D eigenvalue weighted by molar-refractivity contribution is 1.09. The van der Waals surface area contributed by atoms with E-state index in [4.69, 9.17) is 5.73 Å². The fourth-order valence-corrected chi connectivity index (χ4v) is 1.23. The van der Waals surface area contributed by atoms with Crippen molar-refractivity contribution in [3.63, 3.8) is 0 Å². The normalized spacial score (nSPS) is 9.50. The van der Waals surface area contributed by atoms with Crippen LogP contribution in [0.25, 0.3) is 11.4 Å². The van der Waals surface area contributed by atoms with Crippen LogP contribution < -0.4 is 5.73 Å². The third kappa shape index (κ3) is 2.24. The molecule has 0 fully saturated rings. The van der Waals surface area contributed by atoms with E-state index in [2.05, 4.69) is 31.1 Å². The van der Waals surface area contributed by atoms with Gasteiger partial charge >= 0.3 is 0 Å². The Kier molecular flexibility index (Phi) is 3.49. The first-order valence-electron chi connectivity index (χ1n) is 3.68. The van der Waals surface area contributed by atoms with Crippen molar-refractivity contribution in [3.05, 3.63) is 28.9 Å². The fraction of sp³-hybridized carbons (Fsp3) is 0. The second-order valence-electron chi connectivity index (χ2n) is 2.57. The quantitative estimate of drug-likeness (QED) is 0.839. The molecular formula is C8H8BrClN4. The molecule has 2 aromatic heterocycles. The van der Waals surface area contributed by atoms with Crippen molar-refractivity contribution in [3.8, 4) is 11.4 Å². The molecule has 0 spiro atoms. The molecule has 0 aliphatic rings. The van der Waals surface area contributed by atoms with Crippen molar-refractivity contribution in [1.29, 1.82) is 0 Å². The van der Waals surface area contributed by atoms with E-state index in [0.29, 0.717) is 5.82 Å². The van der Waals surface area contributed by atoms with E-state index in [1.807, 2.05) is 12.1 Å². The number of halogens is 2. The van der Waals surface area contributed by atoms with Gasteiger partial charge < -0.3 is 5.73 Å². The van der Waals surface area contributed by atoms with Gasteiger partial charge in [-0.2, -0.15) is 5.10 Å². The van der Waals surface area contributed by atoms with Gasteiger partial charge in [0.25, 0.3) is 0 Å². The third-order valence-corrected chi connectivity index (χ3v) is 2.06. The fourth-order valence-electron chi connectivity index (χ4n) is 0.995. The van der Waals surface area contributed by atoms with Crippen LogP contribution in [0.5, 0.6) is 0 Å². The number of aromatic nitrogens is 3. The van der Waals surface area contributed by atoms with Crippen LogP contribution in [0, 0.1) is 0 Å². The van der Waals surface area contributed by atoms with Crippen molar-refractivity contribution in [2.24, 2.45) is 0 Å². The minimum Gasteiger partial charge on any atom is -0.384 e. The molecule has 0 aliphatic heterocycles. The van der Waals surface area contributed by atoms with E-state index in [1.165, 1.54) is 0 Å². The third-order valence-electron chi connectivity index (χ3n) is 1.59. The van der Waals surface area contributed by atoms with Gasteiger partial charge in [0.15, 0.2) is 0 Å². The summed E-state index contributed by atoms with van der Waals surface area (Å²) >= 11 is 3.31. The highest BCUT2D eigenvalue weighted by Gasteiger charge is 2.02. The molecular weight excluding hydrogens is 267 g/mol. The number of pyridine rings is 1.